The van der Waals surface area contributed by atoms with E-state index in [0.29, 0.717) is 25.9 Å². The Bertz CT molecular complexity index is 581. The van der Waals surface area contributed by atoms with E-state index in [2.05, 4.69) is 36.3 Å². The predicted molar refractivity (Wildman–Crippen MR) is 141 cm³/mol. The van der Waals surface area contributed by atoms with Crippen molar-refractivity contribution >= 4 is 35.6 Å². The lowest BCUT2D eigenvalue weighted by Gasteiger charge is -2.25. The van der Waals surface area contributed by atoms with Crippen LogP contribution in [0.2, 0.25) is 0 Å². The van der Waals surface area contributed by atoms with Crippen LogP contribution in [0.5, 0.6) is 5.75 Å². The highest BCUT2D eigenvalue weighted by Gasteiger charge is 2.10. The number of nitrogens with one attached hydrogen (secondary N) is 2. The van der Waals surface area contributed by atoms with Crippen molar-refractivity contribution in [2.75, 3.05) is 58.4 Å². The molecule has 1 atom stereocenters. The molecule has 1 rings (SSSR count). The van der Waals surface area contributed by atoms with Crippen molar-refractivity contribution < 1.29 is 14.2 Å². The van der Waals surface area contributed by atoms with Crippen molar-refractivity contribution in [3.63, 3.8) is 0 Å². The molecule has 2 N–H and O–H groups in total. The van der Waals surface area contributed by atoms with Gasteiger partial charge in [-0.2, -0.15) is 0 Å². The minimum absolute atomic E-state index is 0. The Labute approximate surface area is 206 Å². The summed E-state index contributed by atoms with van der Waals surface area (Å²) in [6, 6.07) is 8.36. The third-order valence-electron chi connectivity index (χ3n) is 4.63. The number of benzene rings is 1. The minimum Gasteiger partial charge on any atom is -0.491 e. The average molecular weight is 551 g/mol. The van der Waals surface area contributed by atoms with Crippen molar-refractivity contribution in [2.24, 2.45) is 4.99 Å². The first-order valence-corrected chi connectivity index (χ1v) is 11.1. The number of rotatable bonds is 15. The first-order chi connectivity index (χ1) is 14.5. The lowest BCUT2D eigenvalue weighted by molar-refractivity contribution is 0.0699. The van der Waals surface area contributed by atoms with Gasteiger partial charge in [-0.1, -0.05) is 13.8 Å². The number of hydrogen-bond acceptors (Lipinski definition) is 5. The first kappa shape index (κ1) is 29.9. The van der Waals surface area contributed by atoms with E-state index in [1.807, 2.05) is 38.1 Å². The van der Waals surface area contributed by atoms with E-state index in [-0.39, 0.29) is 30.1 Å². The fraction of sp³-hybridized carbons (Fsp3) is 0.696. The van der Waals surface area contributed by atoms with Crippen LogP contribution in [0.4, 0.5) is 5.69 Å². The molecule has 0 heterocycles. The molecule has 0 fully saturated rings. The van der Waals surface area contributed by atoms with Crippen LogP contribution in [0.25, 0.3) is 0 Å². The summed E-state index contributed by atoms with van der Waals surface area (Å²) in [4.78, 5) is 7.22. The summed E-state index contributed by atoms with van der Waals surface area (Å²) < 4.78 is 16.2. The van der Waals surface area contributed by atoms with Crippen molar-refractivity contribution in [2.45, 2.75) is 53.2 Å². The summed E-state index contributed by atoms with van der Waals surface area (Å²) in [6.45, 7) is 16.2. The topological polar surface area (TPSA) is 67.4 Å². The highest BCUT2D eigenvalue weighted by molar-refractivity contribution is 14.0. The molecule has 1 aromatic carbocycles. The van der Waals surface area contributed by atoms with Gasteiger partial charge in [0.05, 0.1) is 25.9 Å². The zero-order valence-corrected chi connectivity index (χ0v) is 22.5. The van der Waals surface area contributed by atoms with Crippen molar-refractivity contribution in [1.29, 1.82) is 0 Å². The molecule has 0 spiro atoms. The number of aliphatic imine (C=N–C) groups is 1. The number of guanidine groups is 1. The van der Waals surface area contributed by atoms with Crippen molar-refractivity contribution in [1.82, 2.24) is 10.2 Å². The highest BCUT2D eigenvalue weighted by Crippen LogP contribution is 2.16. The maximum absolute atomic E-state index is 5.72. The molecule has 0 aliphatic heterocycles. The monoisotopic (exact) mass is 550 g/mol. The molecule has 0 radical (unpaired) electrons. The maximum Gasteiger partial charge on any atom is 0.195 e. The summed E-state index contributed by atoms with van der Waals surface area (Å²) in [5.74, 6) is 1.65. The summed E-state index contributed by atoms with van der Waals surface area (Å²) in [5, 5.41) is 6.82. The fourth-order valence-corrected chi connectivity index (χ4v) is 2.98. The molecule has 0 aromatic heterocycles. The lowest BCUT2D eigenvalue weighted by atomic mass is 10.3. The van der Waals surface area contributed by atoms with Gasteiger partial charge < -0.3 is 24.8 Å². The van der Waals surface area contributed by atoms with E-state index in [0.717, 1.165) is 50.0 Å². The van der Waals surface area contributed by atoms with E-state index < -0.39 is 0 Å². The molecule has 0 bridgehead atoms. The lowest BCUT2D eigenvalue weighted by Crippen LogP contribution is -2.37. The normalized spacial score (nSPS) is 12.6. The second-order valence-corrected chi connectivity index (χ2v) is 7.46. The van der Waals surface area contributed by atoms with E-state index >= 15 is 0 Å². The molecular weight excluding hydrogens is 507 g/mol. The number of likely N-dealkylation sites (N-methyl/N-ethyl adjacent to an activating group) is 1. The molecule has 1 aromatic rings. The Hall–Kier alpha value is -1.10. The third-order valence-corrected chi connectivity index (χ3v) is 4.63. The SMILES string of the molecule is CCN(CC)C(C)CN=C(NCCCOCCOC)Nc1ccc(OC(C)C)cc1.I. The predicted octanol–water partition coefficient (Wildman–Crippen LogP) is 4.23. The minimum atomic E-state index is 0. The Kier molecular flexibility index (Phi) is 17.8. The van der Waals surface area contributed by atoms with Crippen LogP contribution in [0.15, 0.2) is 29.3 Å². The van der Waals surface area contributed by atoms with Crippen LogP contribution in [-0.2, 0) is 9.47 Å². The molecule has 180 valence electrons. The van der Waals surface area contributed by atoms with Crippen LogP contribution in [0, 0.1) is 0 Å². The summed E-state index contributed by atoms with van der Waals surface area (Å²) >= 11 is 0. The van der Waals surface area contributed by atoms with Gasteiger partial charge in [0.15, 0.2) is 5.96 Å². The molecule has 0 aliphatic rings. The van der Waals surface area contributed by atoms with Gasteiger partial charge in [-0.15, -0.1) is 24.0 Å². The van der Waals surface area contributed by atoms with Gasteiger partial charge >= 0.3 is 0 Å². The molecule has 0 aliphatic carbocycles. The van der Waals surface area contributed by atoms with Gasteiger partial charge in [-0.3, -0.25) is 9.89 Å². The molecule has 1 unspecified atom stereocenters. The van der Waals surface area contributed by atoms with Gasteiger partial charge in [-0.05, 0) is 64.5 Å². The molecule has 31 heavy (non-hydrogen) atoms. The van der Waals surface area contributed by atoms with E-state index in [9.17, 15) is 0 Å². The maximum atomic E-state index is 5.72. The fourth-order valence-electron chi connectivity index (χ4n) is 2.98. The standard InChI is InChI=1S/C23H42N4O3.HI/c1-7-27(8-2)20(5)18-25-23(24-14-9-15-29-17-16-28-6)26-21-10-12-22(13-11-21)30-19(3)4;/h10-13,19-20H,7-9,14-18H2,1-6H3,(H2,24,25,26);1H. The Morgan fingerprint density at radius 3 is 2.29 bits per heavy atom. The zero-order chi connectivity index (χ0) is 22.2. The molecule has 8 heteroatoms. The number of hydrogen-bond donors (Lipinski definition) is 2. The number of anilines is 1. The van der Waals surface area contributed by atoms with Crippen LogP contribution < -0.4 is 15.4 Å². The molecule has 0 amide bonds. The smallest absolute Gasteiger partial charge is 0.195 e. The number of halogens is 1. The number of ether oxygens (including phenoxy) is 3. The number of methoxy groups -OCH3 is 1. The van der Waals surface area contributed by atoms with E-state index in [4.69, 9.17) is 19.2 Å². The second-order valence-electron chi connectivity index (χ2n) is 7.46. The summed E-state index contributed by atoms with van der Waals surface area (Å²) in [7, 11) is 1.68. The number of nitrogens with zero attached hydrogens (tertiary/aromatic N) is 2. The van der Waals surface area contributed by atoms with Gasteiger partial charge in [0.25, 0.3) is 0 Å². The van der Waals surface area contributed by atoms with Gasteiger partial charge in [0.2, 0.25) is 0 Å². The average Bonchev–Trinajstić information content (AvgIpc) is 2.73. The Morgan fingerprint density at radius 1 is 1.03 bits per heavy atom. The van der Waals surface area contributed by atoms with Crippen molar-refractivity contribution in [3.05, 3.63) is 24.3 Å². The molecule has 0 saturated carbocycles. The van der Waals surface area contributed by atoms with Crippen molar-refractivity contribution in [3.8, 4) is 5.75 Å². The van der Waals surface area contributed by atoms with Gasteiger partial charge in [0, 0.05) is 32.0 Å². The highest BCUT2D eigenvalue weighted by atomic mass is 127. The van der Waals surface area contributed by atoms with Crippen LogP contribution in [-0.4, -0.2) is 76.1 Å². The van der Waals surface area contributed by atoms with Crippen LogP contribution in [0.3, 0.4) is 0 Å². The Balaban J connectivity index is 0.00000900. The largest absolute Gasteiger partial charge is 0.491 e. The van der Waals surface area contributed by atoms with Gasteiger partial charge in [-0.25, -0.2) is 0 Å². The van der Waals surface area contributed by atoms with Gasteiger partial charge in [0.1, 0.15) is 5.75 Å². The molecule has 0 saturated heterocycles. The van der Waals surface area contributed by atoms with E-state index in [1.54, 1.807) is 7.11 Å². The van der Waals surface area contributed by atoms with Crippen LogP contribution >= 0.6 is 24.0 Å². The van der Waals surface area contributed by atoms with E-state index in [1.165, 1.54) is 0 Å². The quantitative estimate of drug-likeness (QED) is 0.148. The summed E-state index contributed by atoms with van der Waals surface area (Å²) in [5.41, 5.74) is 0.976. The summed E-state index contributed by atoms with van der Waals surface area (Å²) in [6.07, 6.45) is 1.06. The Morgan fingerprint density at radius 2 is 1.71 bits per heavy atom. The molecular formula is C23H43IN4O3. The third kappa shape index (κ3) is 13.8. The second kappa shape index (κ2) is 18.5. The van der Waals surface area contributed by atoms with Crippen LogP contribution in [0.1, 0.15) is 41.0 Å². The first-order valence-electron chi connectivity index (χ1n) is 11.1. The zero-order valence-electron chi connectivity index (χ0n) is 20.1. The molecule has 7 nitrogen and oxygen atoms in total.